The predicted octanol–water partition coefficient (Wildman–Crippen LogP) is 1.93. The van der Waals surface area contributed by atoms with Gasteiger partial charge in [0.2, 0.25) is 0 Å². The van der Waals surface area contributed by atoms with E-state index in [1.54, 1.807) is 17.9 Å². The van der Waals surface area contributed by atoms with Gasteiger partial charge in [-0.2, -0.15) is 0 Å². The van der Waals surface area contributed by atoms with Crippen LogP contribution in [-0.2, 0) is 4.74 Å². The van der Waals surface area contributed by atoms with Gasteiger partial charge in [-0.15, -0.1) is 0 Å². The molecule has 2 N–H and O–H groups in total. The largest absolute Gasteiger partial charge is 0.450 e. The molecule has 124 valence electrons. The molecule has 3 rings (SSSR count). The number of amides is 1. The minimum Gasteiger partial charge on any atom is -0.450 e. The van der Waals surface area contributed by atoms with Crippen molar-refractivity contribution in [3.8, 4) is 0 Å². The highest BCUT2D eigenvalue weighted by Crippen LogP contribution is 2.39. The fourth-order valence-corrected chi connectivity index (χ4v) is 3.33. The number of anilines is 1. The molecule has 0 atom stereocenters. The van der Waals surface area contributed by atoms with Crippen molar-refractivity contribution in [1.82, 2.24) is 4.90 Å². The second kappa shape index (κ2) is 5.72. The number of nitrogens with zero attached hydrogens (tertiary/aromatic N) is 3. The second-order valence-electron chi connectivity index (χ2n) is 5.86. The van der Waals surface area contributed by atoms with Crippen LogP contribution in [0.2, 0.25) is 0 Å². The van der Waals surface area contributed by atoms with E-state index in [1.807, 2.05) is 18.0 Å². The van der Waals surface area contributed by atoms with Crippen LogP contribution >= 0.6 is 0 Å². The molecule has 1 aromatic carbocycles. The van der Waals surface area contributed by atoms with Gasteiger partial charge in [0.1, 0.15) is 17.3 Å². The zero-order valence-corrected chi connectivity index (χ0v) is 13.4. The highest BCUT2D eigenvalue weighted by Gasteiger charge is 2.43. The van der Waals surface area contributed by atoms with Gasteiger partial charge in [0.25, 0.3) is 0 Å². The number of hydrogen-bond donors (Lipinski definition) is 1. The number of benzene rings is 1. The SMILES string of the molecule is CCOC(=O)N1CCC2(CC1)N=C(N)c1c(F)cccc1N2C. The van der Waals surface area contributed by atoms with E-state index in [4.69, 9.17) is 10.5 Å². The number of aliphatic imine (C=N–C) groups is 1. The van der Waals surface area contributed by atoms with Crippen molar-refractivity contribution in [2.45, 2.75) is 25.4 Å². The molecular formula is C16H21FN4O2. The number of hydrogen-bond acceptors (Lipinski definition) is 5. The Hall–Kier alpha value is -2.31. The van der Waals surface area contributed by atoms with Gasteiger partial charge in [0, 0.05) is 33.0 Å². The normalized spacial score (nSPS) is 19.3. The third-order valence-corrected chi connectivity index (χ3v) is 4.65. The Balaban J connectivity index is 1.86. The number of fused-ring (bicyclic) bond motifs is 1. The molecule has 0 aliphatic carbocycles. The standard InChI is InChI=1S/C16H21FN4O2/c1-3-23-15(22)21-9-7-16(8-10-21)19-14(18)13-11(17)5-4-6-12(13)20(16)2/h4-6H,3,7-10H2,1-2H3,(H2,18,19). The first kappa shape index (κ1) is 15.6. The monoisotopic (exact) mass is 320 g/mol. The lowest BCUT2D eigenvalue weighted by atomic mass is 9.92. The number of amidine groups is 1. The summed E-state index contributed by atoms with van der Waals surface area (Å²) in [5.41, 5.74) is 6.59. The van der Waals surface area contributed by atoms with Crippen molar-refractivity contribution in [2.24, 2.45) is 10.7 Å². The molecule has 1 spiro atoms. The predicted molar refractivity (Wildman–Crippen MR) is 86.1 cm³/mol. The number of halogens is 1. The van der Waals surface area contributed by atoms with Crippen molar-refractivity contribution in [1.29, 1.82) is 0 Å². The lowest BCUT2D eigenvalue weighted by Crippen LogP contribution is -2.57. The first-order valence-corrected chi connectivity index (χ1v) is 7.78. The van der Waals surface area contributed by atoms with Gasteiger partial charge >= 0.3 is 6.09 Å². The molecular weight excluding hydrogens is 299 g/mol. The highest BCUT2D eigenvalue weighted by atomic mass is 19.1. The Morgan fingerprint density at radius 1 is 1.43 bits per heavy atom. The van der Waals surface area contributed by atoms with Gasteiger partial charge in [-0.1, -0.05) is 6.07 Å². The first-order chi connectivity index (χ1) is 11.0. The van der Waals surface area contributed by atoms with E-state index in [0.717, 1.165) is 5.69 Å². The van der Waals surface area contributed by atoms with Gasteiger partial charge < -0.3 is 20.3 Å². The molecule has 2 aliphatic heterocycles. The minimum atomic E-state index is -0.534. The average Bonchev–Trinajstić information content (AvgIpc) is 2.53. The highest BCUT2D eigenvalue weighted by molar-refractivity contribution is 6.04. The van der Waals surface area contributed by atoms with E-state index >= 15 is 0 Å². The molecule has 0 aromatic heterocycles. The summed E-state index contributed by atoms with van der Waals surface area (Å²) in [4.78, 5) is 20.1. The van der Waals surface area contributed by atoms with Crippen LogP contribution in [0.1, 0.15) is 25.3 Å². The molecule has 1 fully saturated rings. The van der Waals surface area contributed by atoms with Crippen molar-refractivity contribution in [3.05, 3.63) is 29.6 Å². The van der Waals surface area contributed by atoms with Crippen LogP contribution in [0.4, 0.5) is 14.9 Å². The Kier molecular flexibility index (Phi) is 3.87. The number of rotatable bonds is 1. The molecule has 0 saturated carbocycles. The van der Waals surface area contributed by atoms with E-state index in [9.17, 15) is 9.18 Å². The third kappa shape index (κ3) is 2.50. The molecule has 0 bridgehead atoms. The summed E-state index contributed by atoms with van der Waals surface area (Å²) in [6.45, 7) is 3.21. The Bertz CT molecular complexity index is 653. The smallest absolute Gasteiger partial charge is 0.409 e. The molecule has 7 heteroatoms. The lowest BCUT2D eigenvalue weighted by molar-refractivity contribution is 0.0873. The minimum absolute atomic E-state index is 0.223. The van der Waals surface area contributed by atoms with Gasteiger partial charge in [-0.05, 0) is 19.1 Å². The molecule has 0 radical (unpaired) electrons. The third-order valence-electron chi connectivity index (χ3n) is 4.65. The van der Waals surface area contributed by atoms with E-state index in [1.165, 1.54) is 6.07 Å². The number of likely N-dealkylation sites (tertiary alicyclic amines) is 1. The van der Waals surface area contributed by atoms with Crippen molar-refractivity contribution in [2.75, 3.05) is 31.6 Å². The molecule has 2 heterocycles. The Labute approximate surface area is 134 Å². The van der Waals surface area contributed by atoms with Crippen LogP contribution in [0.25, 0.3) is 0 Å². The number of ether oxygens (including phenoxy) is 1. The molecule has 1 amide bonds. The maximum absolute atomic E-state index is 14.0. The number of piperidine rings is 1. The fraction of sp³-hybridized carbons (Fsp3) is 0.500. The summed E-state index contributed by atoms with van der Waals surface area (Å²) in [6, 6.07) is 4.90. The summed E-state index contributed by atoms with van der Waals surface area (Å²) in [5.74, 6) is -0.143. The van der Waals surface area contributed by atoms with E-state index in [2.05, 4.69) is 4.99 Å². The summed E-state index contributed by atoms with van der Waals surface area (Å²) in [7, 11) is 1.90. The van der Waals surface area contributed by atoms with Gasteiger partial charge in [0.15, 0.2) is 0 Å². The summed E-state index contributed by atoms with van der Waals surface area (Å²) in [6.07, 6.45) is 0.946. The maximum atomic E-state index is 14.0. The molecule has 0 unspecified atom stereocenters. The van der Waals surface area contributed by atoms with Crippen molar-refractivity contribution >= 4 is 17.6 Å². The van der Waals surface area contributed by atoms with E-state index in [-0.39, 0.29) is 17.7 Å². The molecule has 23 heavy (non-hydrogen) atoms. The van der Waals surface area contributed by atoms with Gasteiger partial charge in [-0.3, -0.25) is 0 Å². The molecule has 1 saturated heterocycles. The number of carbonyl (C=O) groups is 1. The van der Waals surface area contributed by atoms with E-state index < -0.39 is 5.66 Å². The fourth-order valence-electron chi connectivity index (χ4n) is 3.33. The second-order valence-corrected chi connectivity index (χ2v) is 5.86. The number of nitrogens with two attached hydrogens (primary N) is 1. The summed E-state index contributed by atoms with van der Waals surface area (Å²) >= 11 is 0. The average molecular weight is 320 g/mol. The Morgan fingerprint density at radius 2 is 2.13 bits per heavy atom. The zero-order valence-electron chi connectivity index (χ0n) is 13.4. The quantitative estimate of drug-likeness (QED) is 0.858. The van der Waals surface area contributed by atoms with Crippen molar-refractivity contribution < 1.29 is 13.9 Å². The lowest BCUT2D eigenvalue weighted by Gasteiger charge is -2.48. The molecule has 1 aromatic rings. The summed E-state index contributed by atoms with van der Waals surface area (Å²) < 4.78 is 19.1. The van der Waals surface area contributed by atoms with Crippen LogP contribution in [0.5, 0.6) is 0 Å². The van der Waals surface area contributed by atoms with Crippen LogP contribution < -0.4 is 10.6 Å². The van der Waals surface area contributed by atoms with Crippen LogP contribution in [0.3, 0.4) is 0 Å². The van der Waals surface area contributed by atoms with Crippen LogP contribution in [0.15, 0.2) is 23.2 Å². The molecule has 6 nitrogen and oxygen atoms in total. The van der Waals surface area contributed by atoms with Crippen LogP contribution in [0, 0.1) is 5.82 Å². The van der Waals surface area contributed by atoms with Crippen molar-refractivity contribution in [3.63, 3.8) is 0 Å². The number of carbonyl (C=O) groups excluding carboxylic acids is 1. The topological polar surface area (TPSA) is 71.2 Å². The van der Waals surface area contributed by atoms with Gasteiger partial charge in [0.05, 0.1) is 17.9 Å². The Morgan fingerprint density at radius 3 is 2.78 bits per heavy atom. The zero-order chi connectivity index (χ0) is 16.6. The first-order valence-electron chi connectivity index (χ1n) is 7.78. The van der Waals surface area contributed by atoms with E-state index in [0.29, 0.717) is 38.1 Å². The maximum Gasteiger partial charge on any atom is 0.409 e. The molecule has 2 aliphatic rings. The van der Waals surface area contributed by atoms with Crippen LogP contribution in [-0.4, -0.2) is 49.2 Å². The van der Waals surface area contributed by atoms with Gasteiger partial charge in [-0.25, -0.2) is 14.2 Å². The summed E-state index contributed by atoms with van der Waals surface area (Å²) in [5, 5.41) is 0.